The van der Waals surface area contributed by atoms with E-state index in [0.717, 1.165) is 5.56 Å². The van der Waals surface area contributed by atoms with Crippen LogP contribution in [0.2, 0.25) is 0 Å². The molecule has 0 aliphatic rings. The highest BCUT2D eigenvalue weighted by Crippen LogP contribution is 2.16. The zero-order chi connectivity index (χ0) is 18.7. The number of hydrogen-bond acceptors (Lipinski definition) is 7. The van der Waals surface area contributed by atoms with Crippen LogP contribution in [-0.4, -0.2) is 47.7 Å². The first kappa shape index (κ1) is 21.1. The minimum atomic E-state index is -1.20. The number of hydrogen-bond donors (Lipinski definition) is 0. The van der Waals surface area contributed by atoms with Gasteiger partial charge in [-0.15, -0.1) is 0 Å². The second-order valence-electron chi connectivity index (χ2n) is 4.81. The molecule has 0 N–H and O–H groups in total. The lowest BCUT2D eigenvalue weighted by atomic mass is 10.2. The molecule has 0 amide bonds. The average molecular weight is 383 g/mol. The number of thiocarbonyl (C=S) groups is 1. The number of carbonyl (C=O) groups excluding carboxylic acids is 2. The summed E-state index contributed by atoms with van der Waals surface area (Å²) in [6.45, 7) is 3.67. The van der Waals surface area contributed by atoms with E-state index < -0.39 is 17.9 Å². The van der Waals surface area contributed by atoms with Gasteiger partial charge in [0.2, 0.25) is 0 Å². The topological polar surface area (TPSA) is 68.2 Å². The average Bonchev–Trinajstić information content (AvgIpc) is 2.61. The Labute approximate surface area is 157 Å². The Morgan fingerprint density at radius 1 is 1.20 bits per heavy atom. The van der Waals surface area contributed by atoms with Gasteiger partial charge in [-0.1, -0.05) is 54.3 Å². The van der Waals surface area contributed by atoms with Gasteiger partial charge in [0.1, 0.15) is 0 Å². The van der Waals surface area contributed by atoms with Crippen LogP contribution in [0.5, 0.6) is 0 Å². The van der Waals surface area contributed by atoms with Gasteiger partial charge in [-0.05, 0) is 19.4 Å². The van der Waals surface area contributed by atoms with Gasteiger partial charge in [-0.2, -0.15) is 5.10 Å². The Bertz CT molecular complexity index is 590. The molecule has 0 atom stereocenters. The number of rotatable bonds is 8. The van der Waals surface area contributed by atoms with Crippen LogP contribution >= 0.6 is 24.0 Å². The largest absolute Gasteiger partial charge is 0.465 e. The molecule has 0 aliphatic heterocycles. The van der Waals surface area contributed by atoms with Crippen molar-refractivity contribution in [2.24, 2.45) is 11.0 Å². The molecule has 0 bridgehead atoms. The van der Waals surface area contributed by atoms with Crippen LogP contribution in [0, 0.1) is 5.92 Å². The summed E-state index contributed by atoms with van der Waals surface area (Å²) in [4.78, 5) is 23.8. The summed E-state index contributed by atoms with van der Waals surface area (Å²) < 4.78 is 10.3. The van der Waals surface area contributed by atoms with Crippen molar-refractivity contribution in [1.82, 2.24) is 5.01 Å². The number of carbonyl (C=O) groups is 2. The summed E-state index contributed by atoms with van der Waals surface area (Å²) in [5.74, 6) is -1.88. The van der Waals surface area contributed by atoms with Crippen LogP contribution in [0.4, 0.5) is 0 Å². The van der Waals surface area contributed by atoms with E-state index in [1.54, 1.807) is 20.9 Å². The van der Waals surface area contributed by atoms with Crippen molar-refractivity contribution in [2.45, 2.75) is 19.6 Å². The molecule has 1 aromatic carbocycles. The maximum atomic E-state index is 11.9. The highest BCUT2D eigenvalue weighted by Gasteiger charge is 2.28. The van der Waals surface area contributed by atoms with Crippen LogP contribution in [0.25, 0.3) is 0 Å². The number of nitrogens with zero attached hydrogens (tertiary/aromatic N) is 2. The van der Waals surface area contributed by atoms with Crippen LogP contribution in [0.15, 0.2) is 35.4 Å². The van der Waals surface area contributed by atoms with Gasteiger partial charge in [0.25, 0.3) is 0 Å². The van der Waals surface area contributed by atoms with E-state index in [0.29, 0.717) is 10.1 Å². The fourth-order valence-electron chi connectivity index (χ4n) is 1.71. The van der Waals surface area contributed by atoms with E-state index in [2.05, 4.69) is 5.10 Å². The van der Waals surface area contributed by atoms with E-state index in [-0.39, 0.29) is 13.2 Å². The molecule has 6 nitrogen and oxygen atoms in total. The Morgan fingerprint density at radius 3 is 2.28 bits per heavy atom. The van der Waals surface area contributed by atoms with Crippen molar-refractivity contribution in [3.8, 4) is 0 Å². The summed E-state index contributed by atoms with van der Waals surface area (Å²) in [6.07, 6.45) is 1.20. The number of hydrazone groups is 1. The first-order chi connectivity index (χ1) is 12.0. The molecule has 1 rings (SSSR count). The predicted molar refractivity (Wildman–Crippen MR) is 103 cm³/mol. The van der Waals surface area contributed by atoms with Gasteiger partial charge >= 0.3 is 11.9 Å². The molecule has 0 spiro atoms. The van der Waals surface area contributed by atoms with E-state index in [1.165, 1.54) is 23.0 Å². The SMILES string of the molecule is CCOC(=O)C(/C=N/N(C)C(=S)SCc1ccccc1)C(=O)OCC. The van der Waals surface area contributed by atoms with E-state index in [9.17, 15) is 9.59 Å². The summed E-state index contributed by atoms with van der Waals surface area (Å²) in [7, 11) is 1.66. The second kappa shape index (κ2) is 11.6. The molecule has 1 aromatic rings. The standard InChI is InChI=1S/C17H22N2O4S2/c1-4-22-15(20)14(16(21)23-5-2)11-18-19(3)17(24)25-12-13-9-7-6-8-10-13/h6-11,14H,4-5,12H2,1-3H3/b18-11+. The minimum absolute atomic E-state index is 0.170. The lowest BCUT2D eigenvalue weighted by molar-refractivity contribution is -0.157. The van der Waals surface area contributed by atoms with Gasteiger partial charge in [-0.25, -0.2) is 0 Å². The van der Waals surface area contributed by atoms with Crippen molar-refractivity contribution in [3.63, 3.8) is 0 Å². The monoisotopic (exact) mass is 382 g/mol. The van der Waals surface area contributed by atoms with Crippen LogP contribution in [0.1, 0.15) is 19.4 Å². The smallest absolute Gasteiger partial charge is 0.325 e. The summed E-state index contributed by atoms with van der Waals surface area (Å²) in [5.41, 5.74) is 1.14. The normalized spacial score (nSPS) is 10.7. The van der Waals surface area contributed by atoms with Gasteiger partial charge in [-0.3, -0.25) is 14.6 Å². The molecule has 0 saturated carbocycles. The fourth-order valence-corrected chi connectivity index (χ4v) is 2.65. The third-order valence-corrected chi connectivity index (χ3v) is 4.55. The first-order valence-corrected chi connectivity index (χ1v) is 9.20. The molecule has 25 heavy (non-hydrogen) atoms. The molecule has 0 fully saturated rings. The van der Waals surface area contributed by atoms with E-state index >= 15 is 0 Å². The summed E-state index contributed by atoms with van der Waals surface area (Å²) in [6, 6.07) is 9.90. The van der Waals surface area contributed by atoms with Gasteiger partial charge in [0.15, 0.2) is 10.2 Å². The molecule has 8 heteroatoms. The third kappa shape index (κ3) is 7.66. The van der Waals surface area contributed by atoms with Crippen molar-refractivity contribution in [3.05, 3.63) is 35.9 Å². The quantitative estimate of drug-likeness (QED) is 0.225. The fraction of sp³-hybridized carbons (Fsp3) is 0.412. The summed E-state index contributed by atoms with van der Waals surface area (Å²) >= 11 is 6.74. The van der Waals surface area contributed by atoms with Crippen LogP contribution < -0.4 is 0 Å². The maximum absolute atomic E-state index is 11.9. The van der Waals surface area contributed by atoms with Crippen molar-refractivity contribution < 1.29 is 19.1 Å². The number of esters is 2. The van der Waals surface area contributed by atoms with E-state index in [1.807, 2.05) is 30.3 Å². The first-order valence-electron chi connectivity index (χ1n) is 7.81. The Kier molecular flexibility index (Phi) is 9.79. The molecule has 0 aliphatic carbocycles. The van der Waals surface area contributed by atoms with Gasteiger partial charge < -0.3 is 9.47 Å². The molecular formula is C17H22N2O4S2. The van der Waals surface area contributed by atoms with Crippen molar-refractivity contribution in [2.75, 3.05) is 20.3 Å². The number of ether oxygens (including phenoxy) is 2. The minimum Gasteiger partial charge on any atom is -0.465 e. The Morgan fingerprint density at radius 2 is 1.76 bits per heavy atom. The van der Waals surface area contributed by atoms with Crippen molar-refractivity contribution >= 4 is 46.5 Å². The molecule has 0 unspecified atom stereocenters. The maximum Gasteiger partial charge on any atom is 0.325 e. The highest BCUT2D eigenvalue weighted by atomic mass is 32.2. The molecule has 0 aromatic heterocycles. The highest BCUT2D eigenvalue weighted by molar-refractivity contribution is 8.22. The van der Waals surface area contributed by atoms with E-state index in [4.69, 9.17) is 21.7 Å². The van der Waals surface area contributed by atoms with Crippen LogP contribution in [0.3, 0.4) is 0 Å². The zero-order valence-corrected chi connectivity index (χ0v) is 16.1. The summed E-state index contributed by atoms with van der Waals surface area (Å²) in [5, 5.41) is 5.53. The lowest BCUT2D eigenvalue weighted by Gasteiger charge is -2.15. The Balaban J connectivity index is 2.65. The third-order valence-electron chi connectivity index (χ3n) is 2.94. The predicted octanol–water partition coefficient (Wildman–Crippen LogP) is 2.86. The molecule has 0 radical (unpaired) electrons. The van der Waals surface area contributed by atoms with Crippen LogP contribution in [-0.2, 0) is 24.8 Å². The molecule has 0 heterocycles. The van der Waals surface area contributed by atoms with Gasteiger partial charge in [0.05, 0.1) is 19.4 Å². The molecular weight excluding hydrogens is 360 g/mol. The molecule has 136 valence electrons. The zero-order valence-electron chi connectivity index (χ0n) is 14.5. The second-order valence-corrected chi connectivity index (χ2v) is 6.42. The molecule has 0 saturated heterocycles. The number of thioether (sulfide) groups is 1. The number of benzene rings is 1. The lowest BCUT2D eigenvalue weighted by Crippen LogP contribution is -2.30. The van der Waals surface area contributed by atoms with Crippen molar-refractivity contribution in [1.29, 1.82) is 0 Å². The Hall–Kier alpha value is -1.93. The van der Waals surface area contributed by atoms with Gasteiger partial charge in [0, 0.05) is 12.8 Å².